The largest absolute Gasteiger partial charge is 1.00 e. The molecule has 4 heterocycles. The highest BCUT2D eigenvalue weighted by Crippen LogP contribution is 2.41. The number of nitrogens with one attached hydrogen (secondary N) is 1. The van der Waals surface area contributed by atoms with Crippen molar-refractivity contribution in [3.8, 4) is 17.1 Å². The SMILES string of the molecule is CON=C(C(=O)CCl)C(=O)N[C@@H]1C(=O)N2C(C(=O)OCc3ccc(OC)cc3)=C(C[n+]3ccc(-c4cnco4)cc3)CS[C@H]12.[Cl-]. The second-order valence-electron chi connectivity index (χ2n) is 9.54. The zero-order valence-electron chi connectivity index (χ0n) is 24.0. The van der Waals surface area contributed by atoms with Gasteiger partial charge in [-0.05, 0) is 17.7 Å². The molecule has 0 unspecified atom stereocenters. The van der Waals surface area contributed by atoms with E-state index >= 15 is 0 Å². The lowest BCUT2D eigenvalue weighted by molar-refractivity contribution is -0.689. The van der Waals surface area contributed by atoms with E-state index in [1.165, 1.54) is 30.2 Å². The average Bonchev–Trinajstić information content (AvgIpc) is 3.60. The van der Waals surface area contributed by atoms with Gasteiger partial charge < -0.3 is 36.5 Å². The van der Waals surface area contributed by atoms with Gasteiger partial charge in [0.1, 0.15) is 36.6 Å². The first-order valence-corrected chi connectivity index (χ1v) is 14.8. The van der Waals surface area contributed by atoms with Crippen molar-refractivity contribution in [2.75, 3.05) is 25.9 Å². The number of carbonyl (C=O) groups excluding carboxylic acids is 4. The van der Waals surface area contributed by atoms with Gasteiger partial charge in [-0.25, -0.2) is 14.3 Å². The number of ketones is 1. The lowest BCUT2D eigenvalue weighted by Crippen LogP contribution is -3.00. The Bertz CT molecular complexity index is 1610. The highest BCUT2D eigenvalue weighted by molar-refractivity contribution is 8.00. The number of hydrogen-bond acceptors (Lipinski definition) is 11. The van der Waals surface area contributed by atoms with Crippen molar-refractivity contribution in [3.05, 3.63) is 78.2 Å². The standard InChI is InChI=1S/C29H26ClN5O8S.ClH/c1-40-20-5-3-17(4-6-20)14-42-29(39)25-19(13-34-9-7-18(8-10-34)22-12-31-16-43-22)15-44-28-24(27(38)35(25)28)32-26(37)23(33-41-2)21(36)11-30;/h3-10,12,16,24,28H,11,13-15H2,1-2H3;1H/t24-,28-;/m1./s1. The second kappa shape index (κ2) is 15.1. The van der Waals surface area contributed by atoms with Crippen LogP contribution in [0.1, 0.15) is 5.56 Å². The van der Waals surface area contributed by atoms with Crippen molar-refractivity contribution in [1.29, 1.82) is 0 Å². The summed E-state index contributed by atoms with van der Waals surface area (Å²) in [5.41, 5.74) is 1.75. The van der Waals surface area contributed by atoms with E-state index in [0.717, 1.165) is 11.1 Å². The number of benzene rings is 1. The molecule has 2 atom stereocenters. The molecule has 0 saturated carbocycles. The molecule has 2 aromatic heterocycles. The molecule has 0 bridgehead atoms. The highest BCUT2D eigenvalue weighted by Gasteiger charge is 2.55. The number of hydrogen-bond donors (Lipinski definition) is 1. The van der Waals surface area contributed by atoms with Crippen LogP contribution in [-0.4, -0.2) is 76.4 Å². The van der Waals surface area contributed by atoms with E-state index in [1.54, 1.807) is 37.6 Å². The number of methoxy groups -OCH3 is 1. The molecule has 13 nitrogen and oxygen atoms in total. The molecular weight excluding hydrogens is 649 g/mol. The van der Waals surface area contributed by atoms with Crippen LogP contribution in [0.3, 0.4) is 0 Å². The van der Waals surface area contributed by atoms with Gasteiger partial charge in [0.25, 0.3) is 11.8 Å². The molecule has 2 amide bonds. The number of rotatable bonds is 12. The van der Waals surface area contributed by atoms with E-state index in [2.05, 4.69) is 20.3 Å². The fourth-order valence-electron chi connectivity index (χ4n) is 4.62. The summed E-state index contributed by atoms with van der Waals surface area (Å²) in [6.07, 6.45) is 6.61. The average molecular weight is 677 g/mol. The van der Waals surface area contributed by atoms with Crippen molar-refractivity contribution in [2.45, 2.75) is 24.6 Å². The van der Waals surface area contributed by atoms with E-state index < -0.39 is 46.6 Å². The van der Waals surface area contributed by atoms with E-state index in [9.17, 15) is 19.2 Å². The van der Waals surface area contributed by atoms with Crippen LogP contribution in [-0.2, 0) is 41.9 Å². The van der Waals surface area contributed by atoms with E-state index in [-0.39, 0.29) is 24.7 Å². The number of amides is 2. The maximum absolute atomic E-state index is 13.6. The molecule has 3 aromatic rings. The van der Waals surface area contributed by atoms with Crippen molar-refractivity contribution in [1.82, 2.24) is 15.2 Å². The summed E-state index contributed by atoms with van der Waals surface area (Å²) in [4.78, 5) is 61.7. The first-order valence-electron chi connectivity index (χ1n) is 13.2. The van der Waals surface area contributed by atoms with Crippen LogP contribution in [0.15, 0.2) is 82.2 Å². The zero-order valence-corrected chi connectivity index (χ0v) is 26.3. The van der Waals surface area contributed by atoms with E-state index in [0.29, 0.717) is 29.4 Å². The molecule has 45 heavy (non-hydrogen) atoms. The number of β-lactam (4-membered cyclic amide) rings is 1. The second-order valence-corrected chi connectivity index (χ2v) is 10.9. The molecule has 1 N–H and O–H groups in total. The van der Waals surface area contributed by atoms with Crippen LogP contribution >= 0.6 is 23.4 Å². The summed E-state index contributed by atoms with van der Waals surface area (Å²) >= 11 is 6.96. The van der Waals surface area contributed by atoms with Crippen LogP contribution in [0.2, 0.25) is 0 Å². The third-order valence-corrected chi connectivity index (χ3v) is 8.40. The highest BCUT2D eigenvalue weighted by atomic mass is 35.5. The Labute approximate surface area is 272 Å². The summed E-state index contributed by atoms with van der Waals surface area (Å²) in [5, 5.41) is 5.37. The van der Waals surface area contributed by atoms with Crippen molar-refractivity contribution in [2.24, 2.45) is 5.16 Å². The number of Topliss-reactive ketones (excluding diaryl/α,β-unsaturated/α-hetero) is 1. The Morgan fingerprint density at radius 3 is 2.53 bits per heavy atom. The predicted octanol–water partition coefficient (Wildman–Crippen LogP) is -1.15. The Hall–Kier alpha value is -4.40. The topological polar surface area (TPSA) is 154 Å². The number of carbonyl (C=O) groups is 4. The number of ether oxygens (including phenoxy) is 2. The monoisotopic (exact) mass is 675 g/mol. The first-order chi connectivity index (χ1) is 21.3. The van der Waals surface area contributed by atoms with Gasteiger partial charge in [0, 0.05) is 29.0 Å². The predicted molar refractivity (Wildman–Crippen MR) is 157 cm³/mol. The number of thioether (sulfide) groups is 1. The number of halogens is 2. The summed E-state index contributed by atoms with van der Waals surface area (Å²) in [6.45, 7) is 0.259. The molecule has 2 aliphatic rings. The molecule has 1 saturated heterocycles. The summed E-state index contributed by atoms with van der Waals surface area (Å²) in [6, 6.07) is 9.73. The van der Waals surface area contributed by atoms with Gasteiger partial charge >= 0.3 is 5.97 Å². The molecule has 0 aliphatic carbocycles. The van der Waals surface area contributed by atoms with Gasteiger partial charge in [-0.3, -0.25) is 19.3 Å². The van der Waals surface area contributed by atoms with Crippen LogP contribution in [0, 0.1) is 0 Å². The van der Waals surface area contributed by atoms with Crippen LogP contribution in [0.5, 0.6) is 5.75 Å². The molecule has 0 spiro atoms. The number of nitrogens with zero attached hydrogens (tertiary/aromatic N) is 4. The Kier molecular flexibility index (Phi) is 11.2. The molecule has 2 aliphatic heterocycles. The minimum absolute atomic E-state index is 0. The minimum Gasteiger partial charge on any atom is -1.00 e. The Morgan fingerprint density at radius 1 is 1.18 bits per heavy atom. The Morgan fingerprint density at radius 2 is 1.91 bits per heavy atom. The number of alkyl halides is 1. The fraction of sp³-hybridized carbons (Fsp3) is 0.276. The van der Waals surface area contributed by atoms with Gasteiger partial charge in [-0.1, -0.05) is 17.3 Å². The number of esters is 1. The number of pyridine rings is 1. The summed E-state index contributed by atoms with van der Waals surface area (Å²) in [7, 11) is 2.74. The molecule has 1 fully saturated rings. The molecule has 16 heteroatoms. The number of oxime groups is 1. The molecule has 236 valence electrons. The van der Waals surface area contributed by atoms with Gasteiger partial charge in [0.05, 0.1) is 19.2 Å². The van der Waals surface area contributed by atoms with Crippen LogP contribution in [0.25, 0.3) is 11.3 Å². The normalized spacial score (nSPS) is 17.4. The lowest BCUT2D eigenvalue weighted by atomic mass is 10.0. The third kappa shape index (κ3) is 7.30. The van der Waals surface area contributed by atoms with Crippen molar-refractivity contribution >= 4 is 52.6 Å². The molecule has 5 rings (SSSR count). The number of oxazole rings is 1. The van der Waals surface area contributed by atoms with Crippen molar-refractivity contribution < 1.29 is 54.9 Å². The zero-order chi connectivity index (χ0) is 31.2. The van der Waals surface area contributed by atoms with Crippen molar-refractivity contribution in [3.63, 3.8) is 0 Å². The van der Waals surface area contributed by atoms with Crippen LogP contribution in [0.4, 0.5) is 0 Å². The maximum Gasteiger partial charge on any atom is 0.355 e. The number of fused-ring (bicyclic) bond motifs is 1. The summed E-state index contributed by atoms with van der Waals surface area (Å²) < 4.78 is 18.0. The maximum atomic E-state index is 13.6. The quantitative estimate of drug-likeness (QED) is 0.0474. The molecule has 1 aromatic carbocycles. The summed E-state index contributed by atoms with van der Waals surface area (Å²) in [5.74, 6) is -1.74. The van der Waals surface area contributed by atoms with Gasteiger partial charge in [-0.15, -0.1) is 23.4 Å². The van der Waals surface area contributed by atoms with Gasteiger partial charge in [0.2, 0.25) is 11.5 Å². The fourth-order valence-corrected chi connectivity index (χ4v) is 6.08. The van der Waals surface area contributed by atoms with Gasteiger partial charge in [-0.2, -0.15) is 0 Å². The van der Waals surface area contributed by atoms with Crippen LogP contribution < -0.4 is 27.0 Å². The van der Waals surface area contributed by atoms with E-state index in [1.807, 2.05) is 29.1 Å². The first kappa shape index (κ1) is 33.5. The third-order valence-electron chi connectivity index (χ3n) is 6.82. The van der Waals surface area contributed by atoms with Gasteiger partial charge in [0.15, 0.2) is 31.1 Å². The van der Waals surface area contributed by atoms with E-state index in [4.69, 9.17) is 25.5 Å². The lowest BCUT2D eigenvalue weighted by Gasteiger charge is -2.49. The smallest absolute Gasteiger partial charge is 0.355 e. The Balaban J connectivity index is 0.00000461. The minimum atomic E-state index is -1.02. The number of aromatic nitrogens is 2. The molecular formula is C29H27Cl2N5O8S. The molecule has 0 radical (unpaired) electrons.